The number of hydrogen-bond donors (Lipinski definition) is 1. The highest BCUT2D eigenvalue weighted by Gasteiger charge is 2.09. The quantitative estimate of drug-likeness (QED) is 0.724. The van der Waals surface area contributed by atoms with Crippen molar-refractivity contribution < 1.29 is 0 Å². The fraction of sp³-hybridized carbons (Fsp3) is 0.200. The fourth-order valence-corrected chi connectivity index (χ4v) is 2.90. The van der Waals surface area contributed by atoms with Crippen LogP contribution in [0.5, 0.6) is 0 Å². The van der Waals surface area contributed by atoms with E-state index in [-0.39, 0.29) is 0 Å². The normalized spacial score (nSPS) is 11.0. The topological polar surface area (TPSA) is 41.6 Å². The third kappa shape index (κ3) is 2.49. The molecule has 96 valence electrons. The molecule has 2 heterocycles. The van der Waals surface area contributed by atoms with Gasteiger partial charge in [0.1, 0.15) is 11.3 Å². The van der Waals surface area contributed by atoms with Crippen molar-refractivity contribution in [2.24, 2.45) is 0 Å². The second-order valence-electron chi connectivity index (χ2n) is 4.32. The van der Waals surface area contributed by atoms with Crippen LogP contribution in [-0.2, 0) is 0 Å². The predicted molar refractivity (Wildman–Crippen MR) is 80.3 cm³/mol. The maximum absolute atomic E-state index is 4.62. The SMILES string of the molecule is CCCSc1ccccc1-c1nc2cnccc2[nH]1. The number of aromatic nitrogens is 3. The Balaban J connectivity index is 2.05. The number of nitrogens with one attached hydrogen (secondary N) is 1. The van der Waals surface area contributed by atoms with Crippen LogP contribution < -0.4 is 0 Å². The van der Waals surface area contributed by atoms with E-state index in [0.29, 0.717) is 0 Å². The van der Waals surface area contributed by atoms with E-state index in [9.17, 15) is 0 Å². The molecular formula is C15H15N3S. The van der Waals surface area contributed by atoms with Crippen LogP contribution in [0.4, 0.5) is 0 Å². The zero-order chi connectivity index (χ0) is 13.1. The molecule has 0 aliphatic heterocycles. The van der Waals surface area contributed by atoms with Gasteiger partial charge in [0.05, 0.1) is 11.7 Å². The fourth-order valence-electron chi connectivity index (χ4n) is 1.98. The van der Waals surface area contributed by atoms with Crippen molar-refractivity contribution in [1.29, 1.82) is 0 Å². The first-order valence-corrected chi connectivity index (χ1v) is 7.39. The van der Waals surface area contributed by atoms with Crippen LogP contribution in [0.15, 0.2) is 47.6 Å². The summed E-state index contributed by atoms with van der Waals surface area (Å²) in [6.07, 6.45) is 4.74. The van der Waals surface area contributed by atoms with Crippen molar-refractivity contribution in [3.05, 3.63) is 42.7 Å². The van der Waals surface area contributed by atoms with Gasteiger partial charge in [-0.15, -0.1) is 11.8 Å². The molecule has 0 saturated carbocycles. The molecule has 0 unspecified atom stereocenters. The highest BCUT2D eigenvalue weighted by Crippen LogP contribution is 2.30. The number of fused-ring (bicyclic) bond motifs is 1. The third-order valence-corrected chi connectivity index (χ3v) is 4.17. The summed E-state index contributed by atoms with van der Waals surface area (Å²) in [5.41, 5.74) is 3.10. The largest absolute Gasteiger partial charge is 0.338 e. The van der Waals surface area contributed by atoms with E-state index in [1.807, 2.05) is 17.8 Å². The molecule has 0 spiro atoms. The Bertz CT molecular complexity index is 657. The van der Waals surface area contributed by atoms with E-state index < -0.39 is 0 Å². The summed E-state index contributed by atoms with van der Waals surface area (Å²) in [6, 6.07) is 10.3. The summed E-state index contributed by atoms with van der Waals surface area (Å²) in [4.78, 5) is 13.4. The number of thioether (sulfide) groups is 1. The van der Waals surface area contributed by atoms with E-state index in [4.69, 9.17) is 0 Å². The molecule has 0 fully saturated rings. The van der Waals surface area contributed by atoms with Gasteiger partial charge in [0.25, 0.3) is 0 Å². The number of aromatic amines is 1. The van der Waals surface area contributed by atoms with Gasteiger partial charge >= 0.3 is 0 Å². The van der Waals surface area contributed by atoms with Crippen LogP contribution in [0.3, 0.4) is 0 Å². The monoisotopic (exact) mass is 269 g/mol. The van der Waals surface area contributed by atoms with E-state index in [2.05, 4.69) is 46.1 Å². The first-order chi connectivity index (χ1) is 9.38. The zero-order valence-electron chi connectivity index (χ0n) is 10.8. The van der Waals surface area contributed by atoms with Crippen molar-refractivity contribution in [2.45, 2.75) is 18.2 Å². The average Bonchev–Trinajstić information content (AvgIpc) is 2.89. The Morgan fingerprint density at radius 3 is 2.95 bits per heavy atom. The highest BCUT2D eigenvalue weighted by molar-refractivity contribution is 7.99. The first kappa shape index (κ1) is 12.2. The van der Waals surface area contributed by atoms with Crippen LogP contribution in [0.2, 0.25) is 0 Å². The first-order valence-electron chi connectivity index (χ1n) is 6.40. The minimum atomic E-state index is 0.910. The second-order valence-corrected chi connectivity index (χ2v) is 5.46. The molecule has 0 aliphatic carbocycles. The van der Waals surface area contributed by atoms with Crippen LogP contribution in [0.25, 0.3) is 22.4 Å². The Morgan fingerprint density at radius 1 is 1.21 bits per heavy atom. The van der Waals surface area contributed by atoms with Crippen LogP contribution >= 0.6 is 11.8 Å². The summed E-state index contributed by atoms with van der Waals surface area (Å²) in [6.45, 7) is 2.20. The minimum Gasteiger partial charge on any atom is -0.338 e. The lowest BCUT2D eigenvalue weighted by atomic mass is 10.2. The molecule has 3 aromatic rings. The molecule has 1 N–H and O–H groups in total. The maximum atomic E-state index is 4.62. The van der Waals surface area contributed by atoms with Gasteiger partial charge in [-0.3, -0.25) is 4.98 Å². The lowest BCUT2D eigenvalue weighted by molar-refractivity contribution is 1.10. The van der Waals surface area contributed by atoms with Gasteiger partial charge in [-0.2, -0.15) is 0 Å². The number of benzene rings is 1. The summed E-state index contributed by atoms with van der Waals surface area (Å²) < 4.78 is 0. The lowest BCUT2D eigenvalue weighted by Crippen LogP contribution is -1.85. The van der Waals surface area contributed by atoms with Gasteiger partial charge in [-0.1, -0.05) is 25.1 Å². The molecule has 0 saturated heterocycles. The smallest absolute Gasteiger partial charge is 0.139 e. The molecule has 0 atom stereocenters. The Morgan fingerprint density at radius 2 is 2.11 bits per heavy atom. The summed E-state index contributed by atoms with van der Waals surface area (Å²) >= 11 is 1.88. The van der Waals surface area contributed by atoms with Crippen LogP contribution in [-0.4, -0.2) is 20.7 Å². The summed E-state index contributed by atoms with van der Waals surface area (Å²) in [5.74, 6) is 2.04. The highest BCUT2D eigenvalue weighted by atomic mass is 32.2. The van der Waals surface area contributed by atoms with E-state index in [0.717, 1.165) is 28.2 Å². The second kappa shape index (κ2) is 5.45. The van der Waals surface area contributed by atoms with Gasteiger partial charge in [0, 0.05) is 16.7 Å². The van der Waals surface area contributed by atoms with Crippen LogP contribution in [0.1, 0.15) is 13.3 Å². The molecule has 0 aliphatic rings. The molecule has 1 aromatic carbocycles. The minimum absolute atomic E-state index is 0.910. The number of imidazole rings is 1. The van der Waals surface area contributed by atoms with Crippen molar-refractivity contribution in [3.63, 3.8) is 0 Å². The molecule has 2 aromatic heterocycles. The van der Waals surface area contributed by atoms with Crippen molar-refractivity contribution in [2.75, 3.05) is 5.75 Å². The number of H-pyrrole nitrogens is 1. The number of hydrogen-bond acceptors (Lipinski definition) is 3. The molecule has 0 bridgehead atoms. The molecule has 19 heavy (non-hydrogen) atoms. The maximum Gasteiger partial charge on any atom is 0.139 e. The summed E-state index contributed by atoms with van der Waals surface area (Å²) in [5, 5.41) is 0. The van der Waals surface area contributed by atoms with Gasteiger partial charge in [0.2, 0.25) is 0 Å². The summed E-state index contributed by atoms with van der Waals surface area (Å²) in [7, 11) is 0. The van der Waals surface area contributed by atoms with Gasteiger partial charge in [-0.25, -0.2) is 4.98 Å². The standard InChI is InChI=1S/C15H15N3S/c1-2-9-19-14-6-4-3-5-11(14)15-17-12-7-8-16-10-13(12)18-15/h3-8,10H,2,9H2,1H3,(H,17,18). The molecular weight excluding hydrogens is 254 g/mol. The molecule has 3 rings (SSSR count). The van der Waals surface area contributed by atoms with Crippen molar-refractivity contribution in [1.82, 2.24) is 15.0 Å². The molecule has 0 radical (unpaired) electrons. The predicted octanol–water partition coefficient (Wildman–Crippen LogP) is 4.13. The van der Waals surface area contributed by atoms with E-state index in [1.165, 1.54) is 11.3 Å². The third-order valence-electron chi connectivity index (χ3n) is 2.89. The van der Waals surface area contributed by atoms with Crippen LogP contribution in [0, 0.1) is 0 Å². The molecule has 3 nitrogen and oxygen atoms in total. The number of nitrogens with zero attached hydrogens (tertiary/aromatic N) is 2. The molecule has 4 heteroatoms. The van der Waals surface area contributed by atoms with Crippen molar-refractivity contribution in [3.8, 4) is 11.4 Å². The van der Waals surface area contributed by atoms with Gasteiger partial charge < -0.3 is 4.98 Å². The van der Waals surface area contributed by atoms with Crippen molar-refractivity contribution >= 4 is 22.8 Å². The van der Waals surface area contributed by atoms with Gasteiger partial charge in [-0.05, 0) is 24.3 Å². The van der Waals surface area contributed by atoms with Gasteiger partial charge in [0.15, 0.2) is 0 Å². The average molecular weight is 269 g/mol. The number of pyridine rings is 1. The lowest BCUT2D eigenvalue weighted by Gasteiger charge is -2.05. The Labute approximate surface area is 116 Å². The van der Waals surface area contributed by atoms with E-state index in [1.54, 1.807) is 12.4 Å². The Hall–Kier alpha value is -1.81. The Kier molecular flexibility index (Phi) is 3.51. The number of rotatable bonds is 4. The molecule has 0 amide bonds. The van der Waals surface area contributed by atoms with E-state index >= 15 is 0 Å². The zero-order valence-corrected chi connectivity index (χ0v) is 11.6.